The van der Waals surface area contributed by atoms with E-state index < -0.39 is 34.9 Å². The maximum absolute atomic E-state index is 13.6. The Morgan fingerprint density at radius 1 is 1.21 bits per heavy atom. The van der Waals surface area contributed by atoms with Crippen LogP contribution in [-0.4, -0.2) is 38.0 Å². The van der Waals surface area contributed by atoms with Crippen molar-refractivity contribution in [1.82, 2.24) is 0 Å². The van der Waals surface area contributed by atoms with E-state index >= 15 is 0 Å². The van der Waals surface area contributed by atoms with Crippen LogP contribution in [0.25, 0.3) is 0 Å². The maximum Gasteiger partial charge on any atom is 0.310 e. The number of cyclic esters (lactones) is 1. The van der Waals surface area contributed by atoms with Crippen molar-refractivity contribution in [3.63, 3.8) is 0 Å². The lowest BCUT2D eigenvalue weighted by atomic mass is 9.43. The van der Waals surface area contributed by atoms with Crippen LogP contribution >= 0.6 is 0 Å². The molecule has 0 amide bonds. The normalized spacial score (nSPS) is 41.9. The van der Waals surface area contributed by atoms with Crippen molar-refractivity contribution in [2.45, 2.75) is 51.7 Å². The minimum absolute atomic E-state index is 0.0250. The zero-order valence-electron chi connectivity index (χ0n) is 17.3. The average Bonchev–Trinajstić information content (AvgIpc) is 3.21. The first-order chi connectivity index (χ1) is 13.8. The van der Waals surface area contributed by atoms with Crippen molar-refractivity contribution in [1.29, 1.82) is 0 Å². The lowest BCUT2D eigenvalue weighted by Crippen LogP contribution is -2.64. The standard InChI is InChI=1S/C22H28O7/c1-21-7-5-13-20(25)29-16(12-6-8-28-11-12)10-22(13,2)18(21)17(23)15(26-3)9-14(21)19(24)27-4/h6,8,11,13-16,18H,5,7,9-10H2,1-4H3/t13-,14-,15+,16-,18-,21-,22-/m0/s1. The Balaban J connectivity index is 1.79. The fourth-order valence-electron chi connectivity index (χ4n) is 6.37. The van der Waals surface area contributed by atoms with Gasteiger partial charge in [0.2, 0.25) is 0 Å². The summed E-state index contributed by atoms with van der Waals surface area (Å²) in [5.74, 6) is -1.97. The van der Waals surface area contributed by atoms with Gasteiger partial charge in [0.15, 0.2) is 5.78 Å². The van der Waals surface area contributed by atoms with Gasteiger partial charge in [-0.2, -0.15) is 0 Å². The SMILES string of the molecule is COC(=O)[C@@H]1C[C@@H](OC)C(=O)[C@H]2[C@@]1(C)CC[C@H]1C(=O)O[C@H](c3ccoc3)C[C@]21C. The first kappa shape index (κ1) is 20.1. The lowest BCUT2D eigenvalue weighted by Gasteiger charge is -2.61. The van der Waals surface area contributed by atoms with Crippen LogP contribution in [0.2, 0.25) is 0 Å². The van der Waals surface area contributed by atoms with Crippen molar-refractivity contribution in [2.24, 2.45) is 28.6 Å². The fraction of sp³-hybridized carbons (Fsp3) is 0.682. The molecule has 3 fully saturated rings. The summed E-state index contributed by atoms with van der Waals surface area (Å²) in [4.78, 5) is 39.2. The molecule has 7 atom stereocenters. The molecule has 0 bridgehead atoms. The van der Waals surface area contributed by atoms with Gasteiger partial charge in [0.1, 0.15) is 12.2 Å². The third-order valence-corrected chi connectivity index (χ3v) is 7.79. The number of fused-ring (bicyclic) bond motifs is 3. The smallest absolute Gasteiger partial charge is 0.310 e. The summed E-state index contributed by atoms with van der Waals surface area (Å²) in [5.41, 5.74) is -0.463. The Morgan fingerprint density at radius 2 is 1.97 bits per heavy atom. The molecule has 158 valence electrons. The van der Waals surface area contributed by atoms with E-state index in [1.165, 1.54) is 14.2 Å². The minimum Gasteiger partial charge on any atom is -0.472 e. The van der Waals surface area contributed by atoms with Gasteiger partial charge in [0.25, 0.3) is 0 Å². The van der Waals surface area contributed by atoms with Crippen LogP contribution in [0.4, 0.5) is 0 Å². The van der Waals surface area contributed by atoms with Gasteiger partial charge in [-0.05, 0) is 42.6 Å². The van der Waals surface area contributed by atoms with Crippen LogP contribution in [-0.2, 0) is 28.6 Å². The number of rotatable bonds is 3. The molecular weight excluding hydrogens is 376 g/mol. The Labute approximate surface area is 170 Å². The highest BCUT2D eigenvalue weighted by Gasteiger charge is 2.67. The second-order valence-corrected chi connectivity index (χ2v) is 9.16. The Morgan fingerprint density at radius 3 is 2.59 bits per heavy atom. The molecular formula is C22H28O7. The molecule has 0 radical (unpaired) electrons. The predicted molar refractivity (Wildman–Crippen MR) is 101 cm³/mol. The molecule has 0 unspecified atom stereocenters. The van der Waals surface area contributed by atoms with E-state index in [0.29, 0.717) is 25.7 Å². The van der Waals surface area contributed by atoms with Crippen molar-refractivity contribution in [2.75, 3.05) is 14.2 Å². The molecule has 2 heterocycles. The monoisotopic (exact) mass is 404 g/mol. The van der Waals surface area contributed by atoms with Crippen molar-refractivity contribution < 1.29 is 33.0 Å². The van der Waals surface area contributed by atoms with Gasteiger partial charge in [-0.25, -0.2) is 0 Å². The van der Waals surface area contributed by atoms with E-state index in [4.69, 9.17) is 18.6 Å². The van der Waals surface area contributed by atoms with E-state index in [9.17, 15) is 14.4 Å². The summed E-state index contributed by atoms with van der Waals surface area (Å²) in [6.45, 7) is 3.99. The van der Waals surface area contributed by atoms with Gasteiger partial charge >= 0.3 is 11.9 Å². The number of methoxy groups -OCH3 is 2. The number of ether oxygens (including phenoxy) is 3. The van der Waals surface area contributed by atoms with E-state index in [-0.39, 0.29) is 23.6 Å². The molecule has 3 aliphatic rings. The third kappa shape index (κ3) is 2.85. The molecule has 2 aliphatic carbocycles. The molecule has 1 aliphatic heterocycles. The second kappa shape index (κ2) is 6.97. The Bertz CT molecular complexity index is 815. The molecule has 7 nitrogen and oxygen atoms in total. The van der Waals surface area contributed by atoms with Crippen LogP contribution in [0.5, 0.6) is 0 Å². The van der Waals surface area contributed by atoms with Crippen LogP contribution in [0.15, 0.2) is 23.0 Å². The van der Waals surface area contributed by atoms with Crippen molar-refractivity contribution in [3.05, 3.63) is 24.2 Å². The molecule has 0 spiro atoms. The van der Waals surface area contributed by atoms with E-state index in [1.54, 1.807) is 18.6 Å². The van der Waals surface area contributed by atoms with Crippen molar-refractivity contribution in [3.8, 4) is 0 Å². The van der Waals surface area contributed by atoms with Crippen LogP contribution in [0.1, 0.15) is 51.2 Å². The summed E-state index contributed by atoms with van der Waals surface area (Å²) in [6.07, 6.45) is 3.94. The third-order valence-electron chi connectivity index (χ3n) is 7.79. The largest absolute Gasteiger partial charge is 0.472 e. The van der Waals surface area contributed by atoms with E-state index in [2.05, 4.69) is 0 Å². The second-order valence-electron chi connectivity index (χ2n) is 9.16. The highest BCUT2D eigenvalue weighted by molar-refractivity contribution is 5.92. The summed E-state index contributed by atoms with van der Waals surface area (Å²) in [7, 11) is 2.87. The van der Waals surface area contributed by atoms with Gasteiger partial charge in [-0.3, -0.25) is 14.4 Å². The van der Waals surface area contributed by atoms with E-state index in [1.807, 2.05) is 13.8 Å². The summed E-state index contributed by atoms with van der Waals surface area (Å²) < 4.78 is 21.5. The number of hydrogen-bond acceptors (Lipinski definition) is 7. The summed E-state index contributed by atoms with van der Waals surface area (Å²) >= 11 is 0. The molecule has 0 N–H and O–H groups in total. The zero-order chi connectivity index (χ0) is 21.0. The van der Waals surface area contributed by atoms with E-state index in [0.717, 1.165) is 5.56 Å². The number of ketones is 1. The van der Waals surface area contributed by atoms with Crippen LogP contribution < -0.4 is 0 Å². The van der Waals surface area contributed by atoms with Gasteiger partial charge < -0.3 is 18.6 Å². The maximum atomic E-state index is 13.6. The molecule has 0 aromatic carbocycles. The number of Topliss-reactive ketones (excluding diaryl/α,β-unsaturated/α-hetero) is 1. The molecule has 7 heteroatoms. The molecule has 1 aromatic rings. The average molecular weight is 404 g/mol. The van der Waals surface area contributed by atoms with Gasteiger partial charge in [0.05, 0.1) is 31.5 Å². The fourth-order valence-corrected chi connectivity index (χ4v) is 6.37. The van der Waals surface area contributed by atoms with Gasteiger partial charge in [-0.1, -0.05) is 13.8 Å². The quantitative estimate of drug-likeness (QED) is 0.715. The number of esters is 2. The van der Waals surface area contributed by atoms with Crippen LogP contribution in [0, 0.1) is 28.6 Å². The minimum atomic E-state index is -0.682. The molecule has 29 heavy (non-hydrogen) atoms. The summed E-state index contributed by atoms with van der Waals surface area (Å²) in [5, 5.41) is 0. The number of furan rings is 1. The van der Waals surface area contributed by atoms with Crippen molar-refractivity contribution >= 4 is 17.7 Å². The number of carbonyl (C=O) groups excluding carboxylic acids is 3. The Hall–Kier alpha value is -2.15. The lowest BCUT2D eigenvalue weighted by molar-refractivity contribution is -0.208. The van der Waals surface area contributed by atoms with Gasteiger partial charge in [-0.15, -0.1) is 0 Å². The molecule has 1 saturated heterocycles. The topological polar surface area (TPSA) is 92.0 Å². The molecule has 1 aromatic heterocycles. The zero-order valence-corrected chi connectivity index (χ0v) is 17.3. The number of carbonyl (C=O) groups is 3. The first-order valence-electron chi connectivity index (χ1n) is 10.1. The van der Waals surface area contributed by atoms with Gasteiger partial charge in [0, 0.05) is 18.6 Å². The number of hydrogen-bond donors (Lipinski definition) is 0. The molecule has 2 saturated carbocycles. The highest BCUT2D eigenvalue weighted by Crippen LogP contribution is 2.65. The highest BCUT2D eigenvalue weighted by atomic mass is 16.5. The predicted octanol–water partition coefficient (Wildman–Crippen LogP) is 3.08. The Kier molecular flexibility index (Phi) is 4.84. The summed E-state index contributed by atoms with van der Waals surface area (Å²) in [6, 6.07) is 1.78. The molecule has 4 rings (SSSR count). The first-order valence-corrected chi connectivity index (χ1v) is 10.1. The van der Waals surface area contributed by atoms with Crippen LogP contribution in [0.3, 0.4) is 0 Å².